The minimum atomic E-state index is -0.879. The van der Waals surface area contributed by atoms with E-state index >= 15 is 0 Å². The molecule has 1 aliphatic carbocycles. The Morgan fingerprint density at radius 2 is 1.83 bits per heavy atom. The van der Waals surface area contributed by atoms with E-state index < -0.39 is 11.9 Å². The first-order valence-electron chi connectivity index (χ1n) is 10.6. The average molecular weight is 412 g/mol. The number of benzene rings is 2. The summed E-state index contributed by atoms with van der Waals surface area (Å²) in [7, 11) is 1.67. The van der Waals surface area contributed by atoms with Crippen LogP contribution in [-0.2, 0) is 9.59 Å². The molecule has 6 heteroatoms. The van der Waals surface area contributed by atoms with E-state index in [1.165, 1.54) is 23.5 Å². The first kappa shape index (κ1) is 22.0. The Bertz CT molecular complexity index is 880. The third kappa shape index (κ3) is 5.25. The molecule has 0 saturated heterocycles. The number of carbonyl (C=O) groups excluding carboxylic acids is 2. The predicted octanol–water partition coefficient (Wildman–Crippen LogP) is 3.88. The molecule has 2 aromatic carbocycles. The Labute approximate surface area is 177 Å². The van der Waals surface area contributed by atoms with Gasteiger partial charge in [-0.3, -0.25) is 14.5 Å². The third-order valence-corrected chi connectivity index (χ3v) is 5.62. The number of nitrogens with one attached hydrogen (secondary N) is 2. The van der Waals surface area contributed by atoms with Crippen molar-refractivity contribution < 1.29 is 14.0 Å². The Morgan fingerprint density at radius 1 is 1.10 bits per heavy atom. The van der Waals surface area contributed by atoms with Crippen LogP contribution in [0.5, 0.6) is 0 Å². The Hall–Kier alpha value is -2.73. The summed E-state index contributed by atoms with van der Waals surface area (Å²) in [5.74, 6) is -0.981. The number of hydrogen-bond donors (Lipinski definition) is 2. The number of carbonyl (C=O) groups is 2. The van der Waals surface area contributed by atoms with Crippen LogP contribution < -0.4 is 15.5 Å². The summed E-state index contributed by atoms with van der Waals surface area (Å²) in [6.07, 6.45) is 5.25. The number of anilines is 1. The van der Waals surface area contributed by atoms with Gasteiger partial charge in [0.2, 0.25) is 11.8 Å². The standard InChI is InChI=1S/C24H30FN3O2/c1-17-9-6-7-14-21(17)23(24(30)27-19-11-4-3-5-12-19)28(22(29)16-26-2)20-13-8-10-18(25)15-20/h6-10,13-15,19,23,26H,3-5,11-12,16H2,1-2H3,(H,27,30). The molecule has 30 heavy (non-hydrogen) atoms. The summed E-state index contributed by atoms with van der Waals surface area (Å²) in [6, 6.07) is 12.6. The van der Waals surface area contributed by atoms with Crippen LogP contribution in [0.3, 0.4) is 0 Å². The van der Waals surface area contributed by atoms with Gasteiger partial charge in [-0.1, -0.05) is 49.6 Å². The molecule has 2 aromatic rings. The molecule has 160 valence electrons. The molecule has 0 aliphatic heterocycles. The van der Waals surface area contributed by atoms with Crippen molar-refractivity contribution in [3.05, 3.63) is 65.5 Å². The summed E-state index contributed by atoms with van der Waals surface area (Å²) in [4.78, 5) is 28.1. The molecule has 1 aliphatic rings. The lowest BCUT2D eigenvalue weighted by Crippen LogP contribution is -2.49. The normalized spacial score (nSPS) is 15.4. The molecule has 5 nitrogen and oxygen atoms in total. The van der Waals surface area contributed by atoms with Crippen molar-refractivity contribution >= 4 is 17.5 Å². The number of hydrogen-bond acceptors (Lipinski definition) is 3. The van der Waals surface area contributed by atoms with Crippen molar-refractivity contribution in [2.24, 2.45) is 0 Å². The van der Waals surface area contributed by atoms with E-state index in [2.05, 4.69) is 10.6 Å². The molecule has 2 amide bonds. The fraction of sp³-hybridized carbons (Fsp3) is 0.417. The minimum Gasteiger partial charge on any atom is -0.351 e. The fourth-order valence-electron chi connectivity index (χ4n) is 4.12. The molecule has 0 radical (unpaired) electrons. The maximum atomic E-state index is 14.0. The van der Waals surface area contributed by atoms with Gasteiger partial charge in [-0.2, -0.15) is 0 Å². The van der Waals surface area contributed by atoms with Crippen molar-refractivity contribution in [3.63, 3.8) is 0 Å². The molecule has 1 fully saturated rings. The van der Waals surface area contributed by atoms with Gasteiger partial charge >= 0.3 is 0 Å². The summed E-state index contributed by atoms with van der Waals surface area (Å²) in [6.45, 7) is 1.96. The number of amides is 2. The van der Waals surface area contributed by atoms with E-state index in [4.69, 9.17) is 0 Å². The highest BCUT2D eigenvalue weighted by Gasteiger charge is 2.34. The van der Waals surface area contributed by atoms with Crippen molar-refractivity contribution in [1.29, 1.82) is 0 Å². The van der Waals surface area contributed by atoms with Gasteiger partial charge in [0.05, 0.1) is 6.54 Å². The van der Waals surface area contributed by atoms with Crippen LogP contribution in [0.4, 0.5) is 10.1 Å². The quantitative estimate of drug-likeness (QED) is 0.727. The molecule has 0 aromatic heterocycles. The molecule has 0 spiro atoms. The van der Waals surface area contributed by atoms with Gasteiger partial charge in [0.15, 0.2) is 0 Å². The highest BCUT2D eigenvalue weighted by Crippen LogP contribution is 2.31. The van der Waals surface area contributed by atoms with Gasteiger partial charge < -0.3 is 10.6 Å². The van der Waals surface area contributed by atoms with E-state index in [9.17, 15) is 14.0 Å². The zero-order valence-corrected chi connectivity index (χ0v) is 17.7. The van der Waals surface area contributed by atoms with E-state index in [1.54, 1.807) is 19.2 Å². The lowest BCUT2D eigenvalue weighted by atomic mass is 9.93. The van der Waals surface area contributed by atoms with E-state index in [0.717, 1.165) is 36.8 Å². The van der Waals surface area contributed by atoms with E-state index in [-0.39, 0.29) is 24.4 Å². The maximum absolute atomic E-state index is 14.0. The number of aryl methyl sites for hydroxylation is 1. The number of halogens is 1. The topological polar surface area (TPSA) is 61.4 Å². The molecule has 1 unspecified atom stereocenters. The number of nitrogens with zero attached hydrogens (tertiary/aromatic N) is 1. The first-order chi connectivity index (χ1) is 14.5. The van der Waals surface area contributed by atoms with Crippen LogP contribution in [0, 0.1) is 12.7 Å². The monoisotopic (exact) mass is 411 g/mol. The van der Waals surface area contributed by atoms with Gasteiger partial charge in [0.25, 0.3) is 0 Å². The molecule has 1 atom stereocenters. The lowest BCUT2D eigenvalue weighted by Gasteiger charge is -2.34. The summed E-state index contributed by atoms with van der Waals surface area (Å²) >= 11 is 0. The Morgan fingerprint density at radius 3 is 2.50 bits per heavy atom. The first-order valence-corrected chi connectivity index (χ1v) is 10.6. The molecular weight excluding hydrogens is 381 g/mol. The molecule has 1 saturated carbocycles. The van der Waals surface area contributed by atoms with E-state index in [1.807, 2.05) is 31.2 Å². The number of rotatable bonds is 7. The second-order valence-electron chi connectivity index (χ2n) is 7.88. The largest absolute Gasteiger partial charge is 0.351 e. The van der Waals surface area contributed by atoms with Crippen LogP contribution in [0.15, 0.2) is 48.5 Å². The zero-order chi connectivity index (χ0) is 21.5. The zero-order valence-electron chi connectivity index (χ0n) is 17.7. The van der Waals surface area contributed by atoms with E-state index in [0.29, 0.717) is 5.69 Å². The van der Waals surface area contributed by atoms with Crippen LogP contribution in [0.2, 0.25) is 0 Å². The molecule has 2 N–H and O–H groups in total. The van der Waals surface area contributed by atoms with Crippen LogP contribution in [0.1, 0.15) is 49.3 Å². The molecule has 0 heterocycles. The minimum absolute atomic E-state index is 0.0373. The summed E-state index contributed by atoms with van der Waals surface area (Å²) in [5, 5.41) is 6.02. The van der Waals surface area contributed by atoms with Gasteiger partial charge in [-0.05, 0) is 56.1 Å². The maximum Gasteiger partial charge on any atom is 0.248 e. The Kier molecular flexibility index (Phi) is 7.57. The second-order valence-corrected chi connectivity index (χ2v) is 7.88. The average Bonchev–Trinajstić information content (AvgIpc) is 2.73. The molecule has 3 rings (SSSR count). The van der Waals surface area contributed by atoms with Gasteiger partial charge in [-0.25, -0.2) is 4.39 Å². The fourth-order valence-corrected chi connectivity index (χ4v) is 4.12. The lowest BCUT2D eigenvalue weighted by molar-refractivity contribution is -0.127. The predicted molar refractivity (Wildman–Crippen MR) is 117 cm³/mol. The summed E-state index contributed by atoms with van der Waals surface area (Å²) in [5.41, 5.74) is 2.00. The SMILES string of the molecule is CNCC(=O)N(c1cccc(F)c1)C(C(=O)NC1CCCCC1)c1ccccc1C. The van der Waals surface area contributed by atoms with Crippen molar-refractivity contribution in [3.8, 4) is 0 Å². The second kappa shape index (κ2) is 10.3. The molecular formula is C24H30FN3O2. The third-order valence-electron chi connectivity index (χ3n) is 5.62. The van der Waals surface area contributed by atoms with Gasteiger partial charge in [-0.15, -0.1) is 0 Å². The highest BCUT2D eigenvalue weighted by atomic mass is 19.1. The van der Waals surface area contributed by atoms with Gasteiger partial charge in [0, 0.05) is 11.7 Å². The summed E-state index contributed by atoms with van der Waals surface area (Å²) < 4.78 is 14.0. The van der Waals surface area contributed by atoms with Gasteiger partial charge in [0.1, 0.15) is 11.9 Å². The van der Waals surface area contributed by atoms with Crippen molar-refractivity contribution in [2.45, 2.75) is 51.1 Å². The highest BCUT2D eigenvalue weighted by molar-refractivity contribution is 6.02. The van der Waals surface area contributed by atoms with Crippen LogP contribution in [0.25, 0.3) is 0 Å². The van der Waals surface area contributed by atoms with Crippen molar-refractivity contribution in [2.75, 3.05) is 18.5 Å². The van der Waals surface area contributed by atoms with Crippen LogP contribution in [-0.4, -0.2) is 31.4 Å². The van der Waals surface area contributed by atoms with Crippen LogP contribution >= 0.6 is 0 Å². The number of likely N-dealkylation sites (N-methyl/N-ethyl adjacent to an activating group) is 1. The Balaban J connectivity index is 2.05. The smallest absolute Gasteiger partial charge is 0.248 e. The molecule has 0 bridgehead atoms. The van der Waals surface area contributed by atoms with Crippen molar-refractivity contribution in [1.82, 2.24) is 10.6 Å².